The minimum absolute atomic E-state index is 0.129. The molecule has 0 spiro atoms. The Bertz CT molecular complexity index is 783. The number of rotatable bonds is 5. The summed E-state index contributed by atoms with van der Waals surface area (Å²) in [6.07, 6.45) is 0. The number of benzene rings is 2. The van der Waals surface area contributed by atoms with Crippen LogP contribution in [0.25, 0.3) is 0 Å². The van der Waals surface area contributed by atoms with E-state index >= 15 is 0 Å². The van der Waals surface area contributed by atoms with E-state index < -0.39 is 17.7 Å². The lowest BCUT2D eigenvalue weighted by Gasteiger charge is -2.09. The number of nitrogens with one attached hydrogen (secondary N) is 1. The van der Waals surface area contributed by atoms with Crippen LogP contribution in [-0.2, 0) is 16.1 Å². The minimum Gasteiger partial charge on any atom is -0.459 e. The Labute approximate surface area is 152 Å². The maximum atomic E-state index is 12.9. The average molecular weight is 391 g/mol. The first kappa shape index (κ1) is 18.5. The molecule has 0 bridgehead atoms. The fraction of sp³-hybridized carbons (Fsp3) is 0.125. The average Bonchev–Trinajstić information content (AvgIpc) is 2.51. The SMILES string of the molecule is O=C(CNC(=O)c1ccc(Cl)cc1Cl)OCc1ccc(F)cc1Cl. The van der Waals surface area contributed by atoms with Crippen molar-refractivity contribution in [1.29, 1.82) is 0 Å². The molecular formula is C16H11Cl3FNO3. The van der Waals surface area contributed by atoms with Crippen LogP contribution in [0.4, 0.5) is 4.39 Å². The molecule has 0 aliphatic heterocycles. The van der Waals surface area contributed by atoms with E-state index in [-0.39, 0.29) is 28.8 Å². The van der Waals surface area contributed by atoms with Gasteiger partial charge in [-0.2, -0.15) is 0 Å². The van der Waals surface area contributed by atoms with Crippen molar-refractivity contribution in [1.82, 2.24) is 5.32 Å². The summed E-state index contributed by atoms with van der Waals surface area (Å²) in [5.41, 5.74) is 0.647. The van der Waals surface area contributed by atoms with Crippen LogP contribution in [-0.4, -0.2) is 18.4 Å². The molecule has 2 aromatic carbocycles. The van der Waals surface area contributed by atoms with Crippen LogP contribution >= 0.6 is 34.8 Å². The van der Waals surface area contributed by atoms with Crippen molar-refractivity contribution in [3.05, 3.63) is 68.4 Å². The van der Waals surface area contributed by atoms with Gasteiger partial charge in [-0.3, -0.25) is 9.59 Å². The van der Waals surface area contributed by atoms with Crippen LogP contribution in [0.1, 0.15) is 15.9 Å². The molecule has 126 valence electrons. The first-order chi connectivity index (χ1) is 11.4. The normalized spacial score (nSPS) is 10.3. The fourth-order valence-electron chi connectivity index (χ4n) is 1.77. The highest BCUT2D eigenvalue weighted by atomic mass is 35.5. The van der Waals surface area contributed by atoms with Crippen molar-refractivity contribution in [3.63, 3.8) is 0 Å². The molecule has 4 nitrogen and oxygen atoms in total. The van der Waals surface area contributed by atoms with Gasteiger partial charge in [-0.15, -0.1) is 0 Å². The van der Waals surface area contributed by atoms with Crippen LogP contribution < -0.4 is 5.32 Å². The van der Waals surface area contributed by atoms with Gasteiger partial charge >= 0.3 is 5.97 Å². The van der Waals surface area contributed by atoms with E-state index in [0.29, 0.717) is 10.6 Å². The fourth-order valence-corrected chi connectivity index (χ4v) is 2.49. The summed E-state index contributed by atoms with van der Waals surface area (Å²) in [5, 5.41) is 3.11. The molecule has 2 rings (SSSR count). The van der Waals surface area contributed by atoms with Gasteiger partial charge in [-0.05, 0) is 30.3 Å². The first-order valence-corrected chi connectivity index (χ1v) is 7.83. The predicted octanol–water partition coefficient (Wildman–Crippen LogP) is 4.26. The molecule has 1 N–H and O–H groups in total. The Kier molecular flexibility index (Phi) is 6.43. The van der Waals surface area contributed by atoms with Crippen LogP contribution in [0.3, 0.4) is 0 Å². The van der Waals surface area contributed by atoms with Crippen LogP contribution in [0.15, 0.2) is 36.4 Å². The third-order valence-corrected chi connectivity index (χ3v) is 3.87. The summed E-state index contributed by atoms with van der Waals surface area (Å²) < 4.78 is 17.9. The Morgan fingerprint density at radius 2 is 1.79 bits per heavy atom. The molecule has 0 heterocycles. The van der Waals surface area contributed by atoms with E-state index in [1.54, 1.807) is 0 Å². The molecule has 0 aliphatic rings. The van der Waals surface area contributed by atoms with Gasteiger partial charge in [-0.1, -0.05) is 40.9 Å². The molecule has 0 saturated carbocycles. The Morgan fingerprint density at radius 3 is 2.46 bits per heavy atom. The number of amides is 1. The van der Waals surface area contributed by atoms with Crippen molar-refractivity contribution in [2.75, 3.05) is 6.54 Å². The number of carbonyl (C=O) groups is 2. The summed E-state index contributed by atoms with van der Waals surface area (Å²) >= 11 is 17.5. The summed E-state index contributed by atoms with van der Waals surface area (Å²) in [6, 6.07) is 8.12. The lowest BCUT2D eigenvalue weighted by atomic mass is 10.2. The van der Waals surface area contributed by atoms with Crippen LogP contribution in [0, 0.1) is 5.82 Å². The molecule has 0 fully saturated rings. The summed E-state index contributed by atoms with van der Waals surface area (Å²) in [7, 11) is 0. The standard InChI is InChI=1S/C16H11Cl3FNO3/c17-10-2-4-12(14(19)5-10)16(23)21-7-15(22)24-8-9-1-3-11(20)6-13(9)18/h1-6H,7-8H2,(H,21,23). The molecule has 24 heavy (non-hydrogen) atoms. The second kappa shape index (κ2) is 8.33. The maximum absolute atomic E-state index is 12.9. The Balaban J connectivity index is 1.85. The summed E-state index contributed by atoms with van der Waals surface area (Å²) in [6.45, 7) is -0.480. The van der Waals surface area contributed by atoms with E-state index in [2.05, 4.69) is 5.32 Å². The summed E-state index contributed by atoms with van der Waals surface area (Å²) in [5.74, 6) is -1.69. The van der Waals surface area contributed by atoms with Crippen molar-refractivity contribution in [2.45, 2.75) is 6.61 Å². The van der Waals surface area contributed by atoms with Gasteiger partial charge in [0.05, 0.1) is 15.6 Å². The monoisotopic (exact) mass is 389 g/mol. The quantitative estimate of drug-likeness (QED) is 0.776. The number of carbonyl (C=O) groups excluding carboxylic acids is 2. The Morgan fingerprint density at radius 1 is 1.04 bits per heavy atom. The van der Waals surface area contributed by atoms with E-state index in [0.717, 1.165) is 6.07 Å². The molecule has 2 aromatic rings. The molecule has 0 aromatic heterocycles. The van der Waals surface area contributed by atoms with Gasteiger partial charge in [-0.25, -0.2) is 4.39 Å². The molecule has 0 atom stereocenters. The number of esters is 1. The highest BCUT2D eigenvalue weighted by Gasteiger charge is 2.13. The van der Waals surface area contributed by atoms with Crippen molar-refractivity contribution in [3.8, 4) is 0 Å². The second-order valence-corrected chi connectivity index (χ2v) is 5.95. The first-order valence-electron chi connectivity index (χ1n) is 6.69. The molecule has 8 heteroatoms. The number of halogens is 4. The van der Waals surface area contributed by atoms with Crippen LogP contribution in [0.5, 0.6) is 0 Å². The maximum Gasteiger partial charge on any atom is 0.325 e. The van der Waals surface area contributed by atoms with E-state index in [9.17, 15) is 14.0 Å². The zero-order valence-electron chi connectivity index (χ0n) is 12.1. The molecular weight excluding hydrogens is 380 g/mol. The van der Waals surface area contributed by atoms with Gasteiger partial charge in [0.15, 0.2) is 0 Å². The third kappa shape index (κ3) is 5.09. The third-order valence-electron chi connectivity index (χ3n) is 2.97. The van der Waals surface area contributed by atoms with Gasteiger partial charge < -0.3 is 10.1 Å². The van der Waals surface area contributed by atoms with Gasteiger partial charge in [0.2, 0.25) is 0 Å². The number of hydrogen-bond donors (Lipinski definition) is 1. The molecule has 1 amide bonds. The van der Waals surface area contributed by atoms with Crippen LogP contribution in [0.2, 0.25) is 15.1 Å². The predicted molar refractivity (Wildman–Crippen MR) is 90.0 cm³/mol. The molecule has 0 aliphatic carbocycles. The topological polar surface area (TPSA) is 55.4 Å². The van der Waals surface area contributed by atoms with Gasteiger partial charge in [0.25, 0.3) is 5.91 Å². The zero-order chi connectivity index (χ0) is 17.7. The lowest BCUT2D eigenvalue weighted by molar-refractivity contribution is -0.143. The molecule has 0 radical (unpaired) electrons. The van der Waals surface area contributed by atoms with Gasteiger partial charge in [0, 0.05) is 10.6 Å². The zero-order valence-corrected chi connectivity index (χ0v) is 14.4. The lowest BCUT2D eigenvalue weighted by Crippen LogP contribution is -2.30. The second-order valence-electron chi connectivity index (χ2n) is 4.70. The largest absolute Gasteiger partial charge is 0.459 e. The smallest absolute Gasteiger partial charge is 0.325 e. The highest BCUT2D eigenvalue weighted by Crippen LogP contribution is 2.21. The van der Waals surface area contributed by atoms with E-state index in [1.165, 1.54) is 30.3 Å². The molecule has 0 saturated heterocycles. The van der Waals surface area contributed by atoms with E-state index in [4.69, 9.17) is 39.5 Å². The van der Waals surface area contributed by atoms with Crippen molar-refractivity contribution < 1.29 is 18.7 Å². The highest BCUT2D eigenvalue weighted by molar-refractivity contribution is 6.36. The molecule has 0 unspecified atom stereocenters. The van der Waals surface area contributed by atoms with Gasteiger partial charge in [0.1, 0.15) is 19.0 Å². The van der Waals surface area contributed by atoms with Crippen molar-refractivity contribution in [2.24, 2.45) is 0 Å². The van der Waals surface area contributed by atoms with Crippen molar-refractivity contribution >= 4 is 46.7 Å². The number of hydrogen-bond acceptors (Lipinski definition) is 3. The Hall–Kier alpha value is -1.82. The summed E-state index contributed by atoms with van der Waals surface area (Å²) in [4.78, 5) is 23.6. The van der Waals surface area contributed by atoms with E-state index in [1.807, 2.05) is 0 Å². The minimum atomic E-state index is -0.672. The number of ether oxygens (including phenoxy) is 1.